The molecule has 2 aromatic heterocycles. The number of rotatable bonds is 3. The first kappa shape index (κ1) is 18.2. The summed E-state index contributed by atoms with van der Waals surface area (Å²) < 4.78 is 5.13. The van der Waals surface area contributed by atoms with E-state index in [4.69, 9.17) is 4.74 Å². The maximum atomic E-state index is 12.0. The number of hydrogen-bond donors (Lipinski definition) is 2. The summed E-state index contributed by atoms with van der Waals surface area (Å²) in [4.78, 5) is 27.8. The maximum absolute atomic E-state index is 12.0. The molecule has 0 radical (unpaired) electrons. The van der Waals surface area contributed by atoms with Crippen LogP contribution < -0.4 is 16.0 Å². The molecule has 0 unspecified atom stereocenters. The summed E-state index contributed by atoms with van der Waals surface area (Å²) >= 11 is 0. The fourth-order valence-corrected chi connectivity index (χ4v) is 3.06. The van der Waals surface area contributed by atoms with Crippen molar-refractivity contribution in [3.63, 3.8) is 0 Å². The molecule has 4 rings (SSSR count). The fraction of sp³-hybridized carbons (Fsp3) is 0.190. The standard InChI is InChI=1S/C21H15N5O3/c1-29-14-6-3-12(4-7-14)2-5-13-8-15(13)16-9-18(25-26-19(16)10-22)17-11-23-21(28)24-20(17)27/h3-4,6-7,9,11,13,15H,8H2,1H3,(H2,23,24,27,28)/t13-,15-/m0/s1. The molecule has 142 valence electrons. The average molecular weight is 385 g/mol. The minimum absolute atomic E-state index is 0.0477. The monoisotopic (exact) mass is 385 g/mol. The number of hydrogen-bond acceptors (Lipinski definition) is 6. The zero-order valence-electron chi connectivity index (χ0n) is 15.4. The van der Waals surface area contributed by atoms with E-state index < -0.39 is 11.2 Å². The van der Waals surface area contributed by atoms with E-state index in [-0.39, 0.29) is 23.1 Å². The number of nitriles is 1. The molecule has 8 nitrogen and oxygen atoms in total. The first-order valence-corrected chi connectivity index (χ1v) is 8.84. The van der Waals surface area contributed by atoms with Crippen molar-refractivity contribution < 1.29 is 4.74 Å². The molecule has 3 aromatic rings. The number of ether oxygens (including phenoxy) is 1. The van der Waals surface area contributed by atoms with E-state index in [9.17, 15) is 14.9 Å². The first-order valence-electron chi connectivity index (χ1n) is 8.84. The summed E-state index contributed by atoms with van der Waals surface area (Å²) in [5, 5.41) is 17.3. The van der Waals surface area contributed by atoms with E-state index in [1.165, 1.54) is 6.20 Å². The number of nitrogens with one attached hydrogen (secondary N) is 2. The van der Waals surface area contributed by atoms with Gasteiger partial charge in [0.2, 0.25) is 0 Å². The van der Waals surface area contributed by atoms with Gasteiger partial charge in [-0.25, -0.2) is 4.79 Å². The van der Waals surface area contributed by atoms with Crippen LogP contribution in [0.25, 0.3) is 11.3 Å². The summed E-state index contributed by atoms with van der Waals surface area (Å²) in [6.07, 6.45) is 2.08. The summed E-state index contributed by atoms with van der Waals surface area (Å²) in [6, 6.07) is 11.2. The number of H-pyrrole nitrogens is 2. The van der Waals surface area contributed by atoms with Crippen molar-refractivity contribution >= 4 is 0 Å². The van der Waals surface area contributed by atoms with E-state index in [0.717, 1.165) is 17.7 Å². The molecule has 0 amide bonds. The van der Waals surface area contributed by atoms with E-state index >= 15 is 0 Å². The Hall–Kier alpha value is -4.17. The van der Waals surface area contributed by atoms with Gasteiger partial charge in [-0.15, -0.1) is 10.2 Å². The second kappa shape index (κ2) is 7.45. The fourth-order valence-electron chi connectivity index (χ4n) is 3.06. The minimum Gasteiger partial charge on any atom is -0.497 e. The summed E-state index contributed by atoms with van der Waals surface area (Å²) in [6.45, 7) is 0. The summed E-state index contributed by atoms with van der Waals surface area (Å²) in [5.41, 5.74) is 1.12. The third-order valence-electron chi connectivity index (χ3n) is 4.71. The molecule has 0 aliphatic heterocycles. The lowest BCUT2D eigenvalue weighted by Gasteiger charge is -2.04. The van der Waals surface area contributed by atoms with Crippen LogP contribution in [-0.2, 0) is 0 Å². The molecule has 1 aliphatic rings. The van der Waals surface area contributed by atoms with Gasteiger partial charge in [0.1, 0.15) is 17.5 Å². The molecule has 0 spiro atoms. The summed E-state index contributed by atoms with van der Waals surface area (Å²) in [5.74, 6) is 7.27. The van der Waals surface area contributed by atoms with Crippen LogP contribution in [0.2, 0.25) is 0 Å². The van der Waals surface area contributed by atoms with Crippen molar-refractivity contribution in [3.8, 4) is 34.9 Å². The molecule has 1 aliphatic carbocycles. The number of aromatic nitrogens is 4. The van der Waals surface area contributed by atoms with Crippen molar-refractivity contribution in [1.29, 1.82) is 5.26 Å². The predicted octanol–water partition coefficient (Wildman–Crippen LogP) is 1.56. The van der Waals surface area contributed by atoms with Crippen molar-refractivity contribution in [3.05, 3.63) is 74.2 Å². The topological polar surface area (TPSA) is 125 Å². The molecule has 1 saturated carbocycles. The molecule has 1 aromatic carbocycles. The molecule has 2 N–H and O–H groups in total. The largest absolute Gasteiger partial charge is 0.497 e. The van der Waals surface area contributed by atoms with E-state index in [1.54, 1.807) is 13.2 Å². The molecule has 0 saturated heterocycles. The van der Waals surface area contributed by atoms with Gasteiger partial charge in [-0.3, -0.25) is 9.78 Å². The Morgan fingerprint density at radius 2 is 2.00 bits per heavy atom. The Morgan fingerprint density at radius 1 is 1.21 bits per heavy atom. The third kappa shape index (κ3) is 3.78. The highest BCUT2D eigenvalue weighted by Crippen LogP contribution is 2.48. The Morgan fingerprint density at radius 3 is 2.69 bits per heavy atom. The lowest BCUT2D eigenvalue weighted by molar-refractivity contribution is 0.415. The number of methoxy groups -OCH3 is 1. The van der Waals surface area contributed by atoms with E-state index in [0.29, 0.717) is 11.3 Å². The molecular formula is C21H15N5O3. The Bertz CT molecular complexity index is 1290. The first-order chi connectivity index (χ1) is 14.1. The van der Waals surface area contributed by atoms with Gasteiger partial charge in [-0.2, -0.15) is 5.26 Å². The van der Waals surface area contributed by atoms with Crippen LogP contribution in [-0.4, -0.2) is 27.3 Å². The highest BCUT2D eigenvalue weighted by molar-refractivity contribution is 5.59. The Kier molecular flexibility index (Phi) is 4.68. The van der Waals surface area contributed by atoms with Crippen LogP contribution >= 0.6 is 0 Å². The molecule has 2 heterocycles. The SMILES string of the molecule is COc1ccc(C#C[C@H]2C[C@@H]2c2cc(-c3c[nH]c(=O)[nH]c3=O)nnc2C#N)cc1. The zero-order valence-corrected chi connectivity index (χ0v) is 15.4. The number of nitrogens with zero attached hydrogens (tertiary/aromatic N) is 3. The van der Waals surface area contributed by atoms with Crippen LogP contribution in [0.4, 0.5) is 0 Å². The van der Waals surface area contributed by atoms with Crippen molar-refractivity contribution in [2.24, 2.45) is 5.92 Å². The Labute approximate surface area is 165 Å². The van der Waals surface area contributed by atoms with E-state index in [2.05, 4.69) is 32.0 Å². The van der Waals surface area contributed by atoms with Crippen LogP contribution in [0.3, 0.4) is 0 Å². The van der Waals surface area contributed by atoms with Gasteiger partial charge >= 0.3 is 5.69 Å². The van der Waals surface area contributed by atoms with Crippen molar-refractivity contribution in [1.82, 2.24) is 20.2 Å². The second-order valence-corrected chi connectivity index (χ2v) is 6.58. The summed E-state index contributed by atoms with van der Waals surface area (Å²) in [7, 11) is 1.61. The molecular weight excluding hydrogens is 370 g/mol. The molecule has 8 heteroatoms. The smallest absolute Gasteiger partial charge is 0.325 e. The quantitative estimate of drug-likeness (QED) is 0.659. The van der Waals surface area contributed by atoms with Crippen LogP contribution in [0.5, 0.6) is 5.75 Å². The van der Waals surface area contributed by atoms with Crippen molar-refractivity contribution in [2.75, 3.05) is 7.11 Å². The van der Waals surface area contributed by atoms with Gasteiger partial charge in [-0.05, 0) is 42.3 Å². The number of aromatic amines is 2. The van der Waals surface area contributed by atoms with Crippen LogP contribution in [0, 0.1) is 29.1 Å². The van der Waals surface area contributed by atoms with Gasteiger partial charge in [0.15, 0.2) is 5.69 Å². The zero-order chi connectivity index (χ0) is 20.4. The molecule has 29 heavy (non-hydrogen) atoms. The van der Waals surface area contributed by atoms with Gasteiger partial charge in [0.25, 0.3) is 5.56 Å². The highest BCUT2D eigenvalue weighted by atomic mass is 16.5. The highest BCUT2D eigenvalue weighted by Gasteiger charge is 2.39. The average Bonchev–Trinajstić information content (AvgIpc) is 3.52. The second-order valence-electron chi connectivity index (χ2n) is 6.58. The normalized spacial score (nSPS) is 17.0. The van der Waals surface area contributed by atoms with Crippen LogP contribution in [0.15, 0.2) is 46.1 Å². The van der Waals surface area contributed by atoms with Gasteiger partial charge < -0.3 is 9.72 Å². The van der Waals surface area contributed by atoms with Gasteiger partial charge in [0.05, 0.1) is 12.7 Å². The molecule has 1 fully saturated rings. The lowest BCUT2D eigenvalue weighted by Crippen LogP contribution is -2.23. The minimum atomic E-state index is -0.600. The van der Waals surface area contributed by atoms with Crippen molar-refractivity contribution in [2.45, 2.75) is 12.3 Å². The lowest BCUT2D eigenvalue weighted by atomic mass is 10.1. The van der Waals surface area contributed by atoms with E-state index in [1.807, 2.05) is 30.3 Å². The predicted molar refractivity (Wildman–Crippen MR) is 104 cm³/mol. The van der Waals surface area contributed by atoms with Gasteiger partial charge in [-0.1, -0.05) is 11.8 Å². The maximum Gasteiger partial charge on any atom is 0.325 e. The molecule has 0 bridgehead atoms. The van der Waals surface area contributed by atoms with Gasteiger partial charge in [0, 0.05) is 23.6 Å². The van der Waals surface area contributed by atoms with Crippen LogP contribution in [0.1, 0.15) is 29.2 Å². The Balaban J connectivity index is 1.60. The number of benzene rings is 1. The third-order valence-corrected chi connectivity index (χ3v) is 4.71. The molecule has 2 atom stereocenters.